The van der Waals surface area contributed by atoms with Gasteiger partial charge in [-0.25, -0.2) is 4.98 Å². The molecule has 1 aromatic heterocycles. The summed E-state index contributed by atoms with van der Waals surface area (Å²) in [5.41, 5.74) is 2.53. The molecule has 3 aliphatic rings. The van der Waals surface area contributed by atoms with Gasteiger partial charge in [0, 0.05) is 50.1 Å². The van der Waals surface area contributed by atoms with E-state index in [0.29, 0.717) is 6.04 Å². The van der Waals surface area contributed by atoms with Crippen molar-refractivity contribution in [3.63, 3.8) is 0 Å². The van der Waals surface area contributed by atoms with Gasteiger partial charge in [-0.3, -0.25) is 4.90 Å². The molecule has 0 unspecified atom stereocenters. The monoisotopic (exact) mass is 404 g/mol. The predicted octanol–water partition coefficient (Wildman–Crippen LogP) is 3.14. The molecule has 3 N–H and O–H groups in total. The van der Waals surface area contributed by atoms with Gasteiger partial charge in [-0.1, -0.05) is 6.07 Å². The van der Waals surface area contributed by atoms with Crippen molar-refractivity contribution in [3.05, 3.63) is 41.1 Å². The first-order valence-corrected chi connectivity index (χ1v) is 10.00. The Morgan fingerprint density at radius 2 is 1.97 bits per heavy atom. The molecular formula is C20H23F3N6. The molecule has 2 fully saturated rings. The van der Waals surface area contributed by atoms with Crippen molar-refractivity contribution in [2.75, 3.05) is 30.3 Å². The van der Waals surface area contributed by atoms with E-state index in [4.69, 9.17) is 0 Å². The third kappa shape index (κ3) is 4.02. The van der Waals surface area contributed by atoms with Gasteiger partial charge >= 0.3 is 6.18 Å². The van der Waals surface area contributed by atoms with Crippen LogP contribution in [0.3, 0.4) is 0 Å². The highest BCUT2D eigenvalue weighted by Gasteiger charge is 2.37. The topological polar surface area (TPSA) is 65.1 Å². The number of aromatic nitrogens is 2. The van der Waals surface area contributed by atoms with E-state index in [-0.39, 0.29) is 17.8 Å². The van der Waals surface area contributed by atoms with E-state index >= 15 is 0 Å². The molecule has 154 valence electrons. The van der Waals surface area contributed by atoms with Gasteiger partial charge in [-0.05, 0) is 42.5 Å². The average molecular weight is 404 g/mol. The van der Waals surface area contributed by atoms with E-state index < -0.39 is 11.7 Å². The summed E-state index contributed by atoms with van der Waals surface area (Å²) in [5.74, 6) is 0.0103. The van der Waals surface area contributed by atoms with Gasteiger partial charge in [0.25, 0.3) is 0 Å². The average Bonchev–Trinajstić information content (AvgIpc) is 3.43. The normalized spacial score (nSPS) is 20.1. The first kappa shape index (κ1) is 18.6. The van der Waals surface area contributed by atoms with Crippen LogP contribution in [-0.4, -0.2) is 46.6 Å². The molecule has 0 atom stereocenters. The maximum atomic E-state index is 13.3. The fourth-order valence-electron chi connectivity index (χ4n) is 3.81. The van der Waals surface area contributed by atoms with E-state index in [1.807, 2.05) is 6.07 Å². The number of fused-ring (bicyclic) bond motifs is 1. The second-order valence-electron chi connectivity index (χ2n) is 8.01. The largest absolute Gasteiger partial charge is 0.421 e. The molecule has 2 aromatic rings. The predicted molar refractivity (Wildman–Crippen MR) is 104 cm³/mol. The highest BCUT2D eigenvalue weighted by atomic mass is 19.4. The van der Waals surface area contributed by atoms with Crippen LogP contribution in [0.1, 0.15) is 29.5 Å². The van der Waals surface area contributed by atoms with Crippen molar-refractivity contribution in [3.8, 4) is 0 Å². The van der Waals surface area contributed by atoms with Crippen LogP contribution in [0.5, 0.6) is 0 Å². The van der Waals surface area contributed by atoms with Crippen LogP contribution >= 0.6 is 0 Å². The lowest BCUT2D eigenvalue weighted by Gasteiger charge is -2.41. The maximum absolute atomic E-state index is 13.3. The zero-order valence-corrected chi connectivity index (χ0v) is 15.9. The number of nitrogens with one attached hydrogen (secondary N) is 3. The molecule has 6 nitrogen and oxygen atoms in total. The van der Waals surface area contributed by atoms with Crippen LogP contribution in [0.25, 0.3) is 0 Å². The standard InChI is InChI=1S/C20H23F3N6/c21-20(22,23)17-10-25-19(28-18(17)26-14-3-4-14)27-15-2-1-12-5-6-29(11-13(12)7-15)16-8-24-9-16/h1-2,7,10,14,16,24H,3-6,8-9,11H2,(H2,25,26,27,28). The van der Waals surface area contributed by atoms with Crippen LogP contribution in [0.15, 0.2) is 24.4 Å². The molecule has 0 bridgehead atoms. The Kier molecular flexibility index (Phi) is 4.59. The highest BCUT2D eigenvalue weighted by Crippen LogP contribution is 2.36. The van der Waals surface area contributed by atoms with Gasteiger partial charge in [-0.15, -0.1) is 0 Å². The zero-order valence-electron chi connectivity index (χ0n) is 15.9. The Morgan fingerprint density at radius 3 is 2.66 bits per heavy atom. The second-order valence-corrected chi connectivity index (χ2v) is 8.01. The maximum Gasteiger partial charge on any atom is 0.421 e. The van der Waals surface area contributed by atoms with Crippen LogP contribution < -0.4 is 16.0 Å². The molecular weight excluding hydrogens is 381 g/mol. The minimum atomic E-state index is -4.48. The summed E-state index contributed by atoms with van der Waals surface area (Å²) in [4.78, 5) is 10.5. The Labute approximate surface area is 166 Å². The van der Waals surface area contributed by atoms with Gasteiger partial charge in [0.2, 0.25) is 5.95 Å². The van der Waals surface area contributed by atoms with E-state index in [1.165, 1.54) is 11.1 Å². The lowest BCUT2D eigenvalue weighted by Crippen LogP contribution is -2.57. The molecule has 29 heavy (non-hydrogen) atoms. The fraction of sp³-hybridized carbons (Fsp3) is 0.500. The van der Waals surface area contributed by atoms with Gasteiger partial charge in [0.05, 0.1) is 0 Å². The fourth-order valence-corrected chi connectivity index (χ4v) is 3.81. The second kappa shape index (κ2) is 7.14. The highest BCUT2D eigenvalue weighted by molar-refractivity contribution is 5.59. The van der Waals surface area contributed by atoms with E-state index in [9.17, 15) is 13.2 Å². The number of rotatable bonds is 5. The summed E-state index contributed by atoms with van der Waals surface area (Å²) in [6.07, 6.45) is -0.895. The van der Waals surface area contributed by atoms with E-state index in [0.717, 1.165) is 57.3 Å². The number of nitrogens with zero attached hydrogens (tertiary/aromatic N) is 3. The van der Waals surface area contributed by atoms with Crippen LogP contribution in [0, 0.1) is 0 Å². The van der Waals surface area contributed by atoms with Crippen molar-refractivity contribution in [2.24, 2.45) is 0 Å². The van der Waals surface area contributed by atoms with E-state index in [2.05, 4.69) is 43.0 Å². The summed E-state index contributed by atoms with van der Waals surface area (Å²) in [6.45, 7) is 4.01. The molecule has 9 heteroatoms. The molecule has 0 amide bonds. The molecule has 0 spiro atoms. The molecule has 0 radical (unpaired) electrons. The lowest BCUT2D eigenvalue weighted by molar-refractivity contribution is -0.137. The Hall–Kier alpha value is -2.39. The van der Waals surface area contributed by atoms with Gasteiger partial charge in [-0.2, -0.15) is 18.2 Å². The van der Waals surface area contributed by atoms with Crippen molar-refractivity contribution in [1.29, 1.82) is 0 Å². The van der Waals surface area contributed by atoms with Crippen molar-refractivity contribution in [2.45, 2.75) is 44.1 Å². The molecule has 1 saturated carbocycles. The first-order valence-electron chi connectivity index (χ1n) is 10.00. The zero-order chi connectivity index (χ0) is 20.0. The van der Waals surface area contributed by atoms with Crippen molar-refractivity contribution in [1.82, 2.24) is 20.2 Å². The number of hydrogen-bond acceptors (Lipinski definition) is 6. The SMILES string of the molecule is FC(F)(F)c1cnc(Nc2ccc3c(c2)CN(C2CNC2)CC3)nc1NC1CC1. The first-order chi connectivity index (χ1) is 14.0. The Balaban J connectivity index is 1.36. The molecule has 5 rings (SSSR count). The third-order valence-electron chi connectivity index (χ3n) is 5.79. The number of alkyl halides is 3. The van der Waals surface area contributed by atoms with Crippen LogP contribution in [-0.2, 0) is 19.1 Å². The molecule has 1 saturated heterocycles. The Morgan fingerprint density at radius 1 is 1.14 bits per heavy atom. The Bertz CT molecular complexity index is 908. The summed E-state index contributed by atoms with van der Waals surface area (Å²) < 4.78 is 39.8. The van der Waals surface area contributed by atoms with Crippen LogP contribution in [0.4, 0.5) is 30.6 Å². The molecule has 1 aliphatic carbocycles. The van der Waals surface area contributed by atoms with Crippen molar-refractivity contribution >= 4 is 17.5 Å². The number of anilines is 3. The smallest absolute Gasteiger partial charge is 0.367 e. The van der Waals surface area contributed by atoms with E-state index in [1.54, 1.807) is 0 Å². The lowest BCUT2D eigenvalue weighted by atomic mass is 9.96. The third-order valence-corrected chi connectivity index (χ3v) is 5.79. The van der Waals surface area contributed by atoms with Gasteiger partial charge in [0.1, 0.15) is 11.4 Å². The van der Waals surface area contributed by atoms with Gasteiger partial charge < -0.3 is 16.0 Å². The number of halogens is 3. The molecule has 1 aromatic carbocycles. The van der Waals surface area contributed by atoms with Crippen LogP contribution in [0.2, 0.25) is 0 Å². The van der Waals surface area contributed by atoms with Gasteiger partial charge in [0.15, 0.2) is 0 Å². The summed E-state index contributed by atoms with van der Waals surface area (Å²) >= 11 is 0. The number of benzene rings is 1. The quantitative estimate of drug-likeness (QED) is 0.712. The minimum Gasteiger partial charge on any atom is -0.367 e. The molecule has 2 aliphatic heterocycles. The molecule has 3 heterocycles. The summed E-state index contributed by atoms with van der Waals surface area (Å²) in [5, 5.41) is 9.26. The minimum absolute atomic E-state index is 0.0644. The summed E-state index contributed by atoms with van der Waals surface area (Å²) in [6, 6.07) is 6.74. The van der Waals surface area contributed by atoms with Crippen molar-refractivity contribution < 1.29 is 13.2 Å². The summed E-state index contributed by atoms with van der Waals surface area (Å²) in [7, 11) is 0. The number of hydrogen-bond donors (Lipinski definition) is 3.